The van der Waals surface area contributed by atoms with E-state index in [2.05, 4.69) is 85.7 Å². The second-order valence-electron chi connectivity index (χ2n) is 16.3. The molecule has 0 unspecified atom stereocenters. The van der Waals surface area contributed by atoms with Gasteiger partial charge in [0.15, 0.2) is 0 Å². The van der Waals surface area contributed by atoms with Gasteiger partial charge in [-0.15, -0.1) is 0 Å². The standard InChI is InChI=1S/C48H52N8O6/c1-29(2)41(53-47(59)61-5)45(57)55-23-11-17-39(55)43-49-27-36(51-43)16-10-9-14-32-20-22-35(26-37(32)34-21-19-31-13-7-8-15-33(31)25-34)38-28-50-44(52-38)40-18-12-24-56(40)46(58)42(30(3)4)54-48(60)62-6/h7-8,13,15,19-22,25-30,39-42H,11-12,17-18,23-24H2,1-6H3,(H,49,51)(H,50,52)(H,53,59)(H,54,60)/t39-,40-,41-,42-/m0/s1. The lowest BCUT2D eigenvalue weighted by Gasteiger charge is -2.30. The van der Waals surface area contributed by atoms with Crippen LogP contribution in [0.2, 0.25) is 0 Å². The summed E-state index contributed by atoms with van der Waals surface area (Å²) in [6, 6.07) is 18.6. The lowest BCUT2D eigenvalue weighted by Crippen LogP contribution is -2.51. The summed E-state index contributed by atoms with van der Waals surface area (Å²) in [5, 5.41) is 7.61. The average molecular weight is 837 g/mol. The van der Waals surface area contributed by atoms with Crippen LogP contribution in [0.4, 0.5) is 9.59 Å². The van der Waals surface area contributed by atoms with Crippen LogP contribution < -0.4 is 10.6 Å². The topological polar surface area (TPSA) is 175 Å². The number of aromatic nitrogens is 4. The number of likely N-dealkylation sites (tertiary alicyclic amines) is 2. The first-order valence-electron chi connectivity index (χ1n) is 21.0. The maximum absolute atomic E-state index is 13.7. The van der Waals surface area contributed by atoms with Gasteiger partial charge in [-0.3, -0.25) is 9.59 Å². The summed E-state index contributed by atoms with van der Waals surface area (Å²) in [5.41, 5.74) is 4.96. The van der Waals surface area contributed by atoms with Gasteiger partial charge in [-0.25, -0.2) is 19.6 Å². The molecule has 0 radical (unpaired) electrons. The number of carbonyl (C=O) groups is 4. The number of hydrogen-bond acceptors (Lipinski definition) is 8. The fourth-order valence-electron chi connectivity index (χ4n) is 8.22. The van der Waals surface area contributed by atoms with Crippen LogP contribution >= 0.6 is 0 Å². The van der Waals surface area contributed by atoms with E-state index >= 15 is 0 Å². The number of rotatable bonds is 10. The van der Waals surface area contributed by atoms with Gasteiger partial charge in [0.25, 0.3) is 0 Å². The first-order valence-corrected chi connectivity index (χ1v) is 21.0. The highest BCUT2D eigenvalue weighted by molar-refractivity contribution is 5.90. The third kappa shape index (κ3) is 9.45. The van der Waals surface area contributed by atoms with E-state index in [0.717, 1.165) is 64.4 Å². The van der Waals surface area contributed by atoms with Gasteiger partial charge in [0.2, 0.25) is 11.8 Å². The Morgan fingerprint density at radius 3 is 1.87 bits per heavy atom. The van der Waals surface area contributed by atoms with Crippen molar-refractivity contribution >= 4 is 34.8 Å². The summed E-state index contributed by atoms with van der Waals surface area (Å²) < 4.78 is 9.55. The second kappa shape index (κ2) is 19.1. The lowest BCUT2D eigenvalue weighted by molar-refractivity contribution is -0.136. The van der Waals surface area contributed by atoms with Gasteiger partial charge in [-0.05, 0) is 95.4 Å². The van der Waals surface area contributed by atoms with Crippen molar-refractivity contribution < 1.29 is 28.7 Å². The Kier molecular flexibility index (Phi) is 13.3. The molecule has 2 aliphatic heterocycles. The number of carbonyl (C=O) groups excluding carboxylic acids is 4. The molecule has 2 aliphatic rings. The molecule has 4 atom stereocenters. The van der Waals surface area contributed by atoms with Crippen molar-refractivity contribution in [2.24, 2.45) is 11.8 Å². The molecule has 62 heavy (non-hydrogen) atoms. The number of methoxy groups -OCH3 is 2. The van der Waals surface area contributed by atoms with Gasteiger partial charge in [-0.2, -0.15) is 0 Å². The van der Waals surface area contributed by atoms with E-state index in [1.165, 1.54) is 14.2 Å². The largest absolute Gasteiger partial charge is 0.453 e. The molecule has 0 aliphatic carbocycles. The number of alkyl carbamates (subject to hydrolysis) is 2. The molecule has 5 aromatic rings. The van der Waals surface area contributed by atoms with Crippen LogP contribution in [0.15, 0.2) is 73.1 Å². The number of H-pyrrole nitrogens is 2. The number of aromatic amines is 2. The van der Waals surface area contributed by atoms with Crippen LogP contribution in [0.3, 0.4) is 0 Å². The highest BCUT2D eigenvalue weighted by atomic mass is 16.5. The lowest BCUT2D eigenvalue weighted by atomic mass is 9.95. The van der Waals surface area contributed by atoms with Gasteiger partial charge in [-0.1, -0.05) is 76.1 Å². The number of nitrogens with zero attached hydrogens (tertiary/aromatic N) is 4. The number of hydrogen-bond donors (Lipinski definition) is 4. The maximum atomic E-state index is 13.7. The smallest absolute Gasteiger partial charge is 0.407 e. The minimum atomic E-state index is -0.723. The van der Waals surface area contributed by atoms with Crippen molar-refractivity contribution in [2.75, 3.05) is 27.3 Å². The van der Waals surface area contributed by atoms with Crippen LogP contribution in [0.1, 0.15) is 88.4 Å². The van der Waals surface area contributed by atoms with Crippen LogP contribution in [-0.4, -0.2) is 93.1 Å². The maximum Gasteiger partial charge on any atom is 0.407 e. The average Bonchev–Trinajstić information content (AvgIpc) is 4.13. The first-order chi connectivity index (χ1) is 29.9. The predicted octanol–water partition coefficient (Wildman–Crippen LogP) is 7.11. The van der Waals surface area contributed by atoms with Crippen LogP contribution in [-0.2, 0) is 19.1 Å². The van der Waals surface area contributed by atoms with E-state index in [1.54, 1.807) is 22.2 Å². The van der Waals surface area contributed by atoms with Crippen molar-refractivity contribution in [1.29, 1.82) is 0 Å². The van der Waals surface area contributed by atoms with E-state index in [0.29, 0.717) is 30.4 Å². The molecule has 0 spiro atoms. The van der Waals surface area contributed by atoms with E-state index in [1.807, 2.05) is 52.0 Å². The zero-order valence-corrected chi connectivity index (χ0v) is 35.9. The van der Waals surface area contributed by atoms with Gasteiger partial charge >= 0.3 is 12.2 Å². The van der Waals surface area contributed by atoms with E-state index in [-0.39, 0.29) is 35.7 Å². The summed E-state index contributed by atoms with van der Waals surface area (Å²) in [7, 11) is 2.56. The molecule has 0 bridgehead atoms. The van der Waals surface area contributed by atoms with E-state index < -0.39 is 24.3 Å². The Balaban J connectivity index is 1.13. The SMILES string of the molecule is COC(=O)N[C@H](C(=O)N1CCC[C@H]1c1ncc(C#CC#Cc2ccc(-c3cnc([C@@H]4CCCN4C(=O)[C@@H](NC(=O)OC)C(C)C)[nH]3)cc2-c2ccc3ccccc3c2)[nH]1)C(C)C. The van der Waals surface area contributed by atoms with Gasteiger partial charge in [0.1, 0.15) is 29.4 Å². The molecule has 4 heterocycles. The molecule has 2 fully saturated rings. The molecular formula is C48H52N8O6. The Labute approximate surface area is 361 Å². The third-order valence-electron chi connectivity index (χ3n) is 11.5. The van der Waals surface area contributed by atoms with Crippen molar-refractivity contribution in [3.8, 4) is 46.1 Å². The van der Waals surface area contributed by atoms with E-state index in [9.17, 15) is 19.2 Å². The fourth-order valence-corrected chi connectivity index (χ4v) is 8.22. The van der Waals surface area contributed by atoms with Crippen molar-refractivity contribution in [3.63, 3.8) is 0 Å². The number of nitrogens with one attached hydrogen (secondary N) is 4. The number of fused-ring (bicyclic) bond motifs is 1. The van der Waals surface area contributed by atoms with Crippen LogP contribution in [0, 0.1) is 35.5 Å². The minimum absolute atomic E-state index is 0.134. The molecule has 14 nitrogen and oxygen atoms in total. The summed E-state index contributed by atoms with van der Waals surface area (Å²) in [4.78, 5) is 71.0. The molecular weight excluding hydrogens is 785 g/mol. The molecule has 4 N–H and O–H groups in total. The monoisotopic (exact) mass is 836 g/mol. The number of benzene rings is 3. The van der Waals surface area contributed by atoms with Crippen molar-refractivity contribution in [1.82, 2.24) is 40.4 Å². The Bertz CT molecular complexity index is 2590. The molecule has 14 heteroatoms. The summed E-state index contributed by atoms with van der Waals surface area (Å²) in [5.74, 6) is 13.1. The number of ether oxygens (including phenoxy) is 2. The molecule has 7 rings (SSSR count). The van der Waals surface area contributed by atoms with Crippen LogP contribution in [0.5, 0.6) is 0 Å². The normalized spacial score (nSPS) is 16.9. The highest BCUT2D eigenvalue weighted by Gasteiger charge is 2.39. The van der Waals surface area contributed by atoms with E-state index in [4.69, 9.17) is 14.5 Å². The Morgan fingerprint density at radius 1 is 0.694 bits per heavy atom. The zero-order valence-electron chi connectivity index (χ0n) is 35.9. The van der Waals surface area contributed by atoms with Gasteiger partial charge in [0.05, 0.1) is 44.4 Å². The first kappa shape index (κ1) is 43.0. The quantitative estimate of drug-likeness (QED) is 0.108. The molecule has 2 aromatic heterocycles. The summed E-state index contributed by atoms with van der Waals surface area (Å²) in [6.45, 7) is 8.67. The molecule has 4 amide bonds. The van der Waals surface area contributed by atoms with Crippen molar-refractivity contribution in [3.05, 3.63) is 96.0 Å². The Hall–Kier alpha value is -7.06. The minimum Gasteiger partial charge on any atom is -0.453 e. The molecule has 2 saturated heterocycles. The van der Waals surface area contributed by atoms with Crippen LogP contribution in [0.25, 0.3) is 33.2 Å². The molecule has 0 saturated carbocycles. The molecule has 3 aromatic carbocycles. The third-order valence-corrected chi connectivity index (χ3v) is 11.5. The number of imidazole rings is 2. The van der Waals surface area contributed by atoms with Gasteiger partial charge < -0.3 is 39.9 Å². The zero-order chi connectivity index (χ0) is 43.9. The number of amides is 4. The summed E-state index contributed by atoms with van der Waals surface area (Å²) in [6.07, 6.45) is 5.25. The molecule has 320 valence electrons. The fraction of sp³-hybridized carbons (Fsp3) is 0.375. The van der Waals surface area contributed by atoms with Crippen molar-refractivity contribution in [2.45, 2.75) is 77.5 Å². The second-order valence-corrected chi connectivity index (χ2v) is 16.3. The predicted molar refractivity (Wildman–Crippen MR) is 235 cm³/mol. The highest BCUT2D eigenvalue weighted by Crippen LogP contribution is 2.35. The summed E-state index contributed by atoms with van der Waals surface area (Å²) >= 11 is 0. The Morgan fingerprint density at radius 2 is 1.26 bits per heavy atom. The van der Waals surface area contributed by atoms with Gasteiger partial charge in [0, 0.05) is 24.2 Å².